The highest BCUT2D eigenvalue weighted by Gasteiger charge is 2.17. The second kappa shape index (κ2) is 8.13. The van der Waals surface area contributed by atoms with Crippen molar-refractivity contribution in [2.75, 3.05) is 32.8 Å². The van der Waals surface area contributed by atoms with E-state index < -0.39 is 0 Å². The summed E-state index contributed by atoms with van der Waals surface area (Å²) < 4.78 is 6.80. The van der Waals surface area contributed by atoms with Gasteiger partial charge in [0.2, 0.25) is 5.91 Å². The Morgan fingerprint density at radius 3 is 2.84 bits per heavy atom. The SMILES string of the molecule is O=C(NCCC(=O)N1CCOCC1)c1cnn(-c2cccc(Cl)c2)c1. The summed E-state index contributed by atoms with van der Waals surface area (Å²) in [5.74, 6) is -0.235. The second-order valence-corrected chi connectivity index (χ2v) is 6.09. The Labute approximate surface area is 150 Å². The molecule has 1 aliphatic heterocycles. The van der Waals surface area contributed by atoms with E-state index in [1.54, 1.807) is 27.9 Å². The minimum atomic E-state index is -0.261. The van der Waals surface area contributed by atoms with Gasteiger partial charge in [0, 0.05) is 37.3 Å². The van der Waals surface area contributed by atoms with Crippen LogP contribution in [-0.4, -0.2) is 59.3 Å². The molecule has 2 amide bonds. The van der Waals surface area contributed by atoms with Gasteiger partial charge >= 0.3 is 0 Å². The predicted octanol–water partition coefficient (Wildman–Crippen LogP) is 1.50. The first-order valence-electron chi connectivity index (χ1n) is 8.08. The maximum Gasteiger partial charge on any atom is 0.254 e. The van der Waals surface area contributed by atoms with E-state index in [1.165, 1.54) is 6.20 Å². The minimum absolute atomic E-state index is 0.0261. The predicted molar refractivity (Wildman–Crippen MR) is 92.9 cm³/mol. The summed E-state index contributed by atoms with van der Waals surface area (Å²) >= 11 is 5.96. The van der Waals surface area contributed by atoms with E-state index >= 15 is 0 Å². The molecule has 25 heavy (non-hydrogen) atoms. The number of nitrogens with one attached hydrogen (secondary N) is 1. The van der Waals surface area contributed by atoms with Gasteiger partial charge in [0.15, 0.2) is 0 Å². The summed E-state index contributed by atoms with van der Waals surface area (Å²) in [7, 11) is 0. The number of benzene rings is 1. The quantitative estimate of drug-likeness (QED) is 0.874. The molecule has 1 aromatic heterocycles. The van der Waals surface area contributed by atoms with Crippen LogP contribution < -0.4 is 5.32 Å². The van der Waals surface area contributed by atoms with E-state index in [4.69, 9.17) is 16.3 Å². The molecular formula is C17H19ClN4O3. The van der Waals surface area contributed by atoms with Gasteiger partial charge in [-0.2, -0.15) is 5.10 Å². The van der Waals surface area contributed by atoms with Crippen LogP contribution in [0.2, 0.25) is 5.02 Å². The summed E-state index contributed by atoms with van der Waals surface area (Å²) in [4.78, 5) is 26.0. The first-order chi connectivity index (χ1) is 12.1. The van der Waals surface area contributed by atoms with Gasteiger partial charge in [-0.1, -0.05) is 17.7 Å². The highest BCUT2D eigenvalue weighted by atomic mass is 35.5. The average Bonchev–Trinajstić information content (AvgIpc) is 3.12. The molecule has 0 atom stereocenters. The molecule has 1 aliphatic rings. The van der Waals surface area contributed by atoms with Gasteiger partial charge in [0.25, 0.3) is 5.91 Å². The smallest absolute Gasteiger partial charge is 0.254 e. The maximum atomic E-state index is 12.2. The number of aromatic nitrogens is 2. The van der Waals surface area contributed by atoms with Crippen LogP contribution in [0.4, 0.5) is 0 Å². The number of amides is 2. The summed E-state index contributed by atoms with van der Waals surface area (Å²) in [5.41, 5.74) is 1.20. The largest absolute Gasteiger partial charge is 0.378 e. The lowest BCUT2D eigenvalue weighted by Gasteiger charge is -2.26. The molecule has 1 N–H and O–H groups in total. The van der Waals surface area contributed by atoms with Crippen LogP contribution in [0.25, 0.3) is 5.69 Å². The molecule has 2 aromatic rings. The lowest BCUT2D eigenvalue weighted by atomic mass is 10.3. The fourth-order valence-electron chi connectivity index (χ4n) is 2.56. The molecule has 0 bridgehead atoms. The molecule has 1 fully saturated rings. The van der Waals surface area contributed by atoms with Crippen molar-refractivity contribution in [1.82, 2.24) is 20.0 Å². The number of nitrogens with zero attached hydrogens (tertiary/aromatic N) is 3. The van der Waals surface area contributed by atoms with E-state index in [0.29, 0.717) is 36.9 Å². The molecule has 1 aromatic carbocycles. The van der Waals surface area contributed by atoms with Crippen molar-refractivity contribution < 1.29 is 14.3 Å². The van der Waals surface area contributed by atoms with Crippen LogP contribution >= 0.6 is 11.6 Å². The van der Waals surface area contributed by atoms with Gasteiger partial charge in [-0.3, -0.25) is 9.59 Å². The number of carbonyl (C=O) groups excluding carboxylic acids is 2. The van der Waals surface area contributed by atoms with E-state index in [1.807, 2.05) is 12.1 Å². The van der Waals surface area contributed by atoms with Gasteiger partial charge in [-0.05, 0) is 18.2 Å². The molecule has 3 rings (SSSR count). The van der Waals surface area contributed by atoms with Crippen molar-refractivity contribution in [3.8, 4) is 5.69 Å². The van der Waals surface area contributed by atoms with Crippen LogP contribution in [-0.2, 0) is 9.53 Å². The molecule has 0 aliphatic carbocycles. The molecule has 8 heteroatoms. The highest BCUT2D eigenvalue weighted by Crippen LogP contribution is 2.14. The summed E-state index contributed by atoms with van der Waals surface area (Å²) in [5, 5.41) is 7.52. The van der Waals surface area contributed by atoms with E-state index in [9.17, 15) is 9.59 Å². The molecule has 0 radical (unpaired) electrons. The zero-order valence-corrected chi connectivity index (χ0v) is 14.4. The Balaban J connectivity index is 1.51. The number of ether oxygens (including phenoxy) is 1. The number of carbonyl (C=O) groups is 2. The topological polar surface area (TPSA) is 76.5 Å². The molecular weight excluding hydrogens is 344 g/mol. The normalized spacial score (nSPS) is 14.4. The number of hydrogen-bond acceptors (Lipinski definition) is 4. The molecule has 0 spiro atoms. The Hall–Kier alpha value is -2.38. The van der Waals surface area contributed by atoms with Gasteiger partial charge in [0.05, 0.1) is 30.7 Å². The van der Waals surface area contributed by atoms with Gasteiger partial charge in [-0.15, -0.1) is 0 Å². The van der Waals surface area contributed by atoms with Crippen LogP contribution in [0.15, 0.2) is 36.7 Å². The average molecular weight is 363 g/mol. The number of morpholine rings is 1. The van der Waals surface area contributed by atoms with Gasteiger partial charge < -0.3 is 15.0 Å². The van der Waals surface area contributed by atoms with Crippen LogP contribution in [0.5, 0.6) is 0 Å². The first-order valence-corrected chi connectivity index (χ1v) is 8.45. The Morgan fingerprint density at radius 1 is 1.28 bits per heavy atom. The summed E-state index contributed by atoms with van der Waals surface area (Å²) in [6.45, 7) is 2.65. The van der Waals surface area contributed by atoms with Crippen LogP contribution in [0, 0.1) is 0 Å². The summed E-state index contributed by atoms with van der Waals surface area (Å²) in [6, 6.07) is 7.20. The van der Waals surface area contributed by atoms with Crippen molar-refractivity contribution in [1.29, 1.82) is 0 Å². The van der Waals surface area contributed by atoms with Crippen LogP contribution in [0.3, 0.4) is 0 Å². The molecule has 7 nitrogen and oxygen atoms in total. The lowest BCUT2D eigenvalue weighted by Crippen LogP contribution is -2.42. The number of rotatable bonds is 5. The third-order valence-corrected chi connectivity index (χ3v) is 4.14. The van der Waals surface area contributed by atoms with Gasteiger partial charge in [-0.25, -0.2) is 4.68 Å². The number of halogens is 1. The molecule has 1 saturated heterocycles. The monoisotopic (exact) mass is 362 g/mol. The first kappa shape index (κ1) is 17.4. The lowest BCUT2D eigenvalue weighted by molar-refractivity contribution is -0.135. The fourth-order valence-corrected chi connectivity index (χ4v) is 2.74. The standard InChI is InChI=1S/C17H19ClN4O3/c18-14-2-1-3-15(10-14)22-12-13(11-20-22)17(24)19-5-4-16(23)21-6-8-25-9-7-21/h1-3,10-12H,4-9H2,(H,19,24). The number of hydrogen-bond donors (Lipinski definition) is 1. The van der Waals surface area contributed by atoms with Crippen molar-refractivity contribution in [3.63, 3.8) is 0 Å². The molecule has 0 saturated carbocycles. The highest BCUT2D eigenvalue weighted by molar-refractivity contribution is 6.30. The van der Waals surface area contributed by atoms with E-state index in [0.717, 1.165) is 5.69 Å². The second-order valence-electron chi connectivity index (χ2n) is 5.65. The van der Waals surface area contributed by atoms with Crippen molar-refractivity contribution >= 4 is 23.4 Å². The van der Waals surface area contributed by atoms with E-state index in [-0.39, 0.29) is 24.8 Å². The third-order valence-electron chi connectivity index (χ3n) is 3.91. The molecule has 0 unspecified atom stereocenters. The molecule has 132 valence electrons. The zero-order chi connectivity index (χ0) is 17.6. The van der Waals surface area contributed by atoms with Crippen LogP contribution in [0.1, 0.15) is 16.8 Å². The Kier molecular flexibility index (Phi) is 5.67. The van der Waals surface area contributed by atoms with Crippen molar-refractivity contribution in [2.45, 2.75) is 6.42 Å². The van der Waals surface area contributed by atoms with Crippen molar-refractivity contribution in [2.24, 2.45) is 0 Å². The Bertz CT molecular complexity index is 756. The van der Waals surface area contributed by atoms with Gasteiger partial charge in [0.1, 0.15) is 0 Å². The molecule has 2 heterocycles. The third kappa shape index (κ3) is 4.58. The summed E-state index contributed by atoms with van der Waals surface area (Å²) in [6.07, 6.45) is 3.39. The fraction of sp³-hybridized carbons (Fsp3) is 0.353. The maximum absolute atomic E-state index is 12.2. The van der Waals surface area contributed by atoms with E-state index in [2.05, 4.69) is 10.4 Å². The zero-order valence-electron chi connectivity index (χ0n) is 13.7. The Morgan fingerprint density at radius 2 is 2.08 bits per heavy atom. The van der Waals surface area contributed by atoms with Crippen molar-refractivity contribution in [3.05, 3.63) is 47.2 Å². The minimum Gasteiger partial charge on any atom is -0.378 e.